The SMILES string of the molecule is CCCC(C)COCc1cc(CNC(C)C)no1. The van der Waals surface area contributed by atoms with Crippen LogP contribution in [0.1, 0.15) is 52.0 Å². The molecule has 0 aromatic carbocycles. The first-order chi connectivity index (χ1) is 8.61. The van der Waals surface area contributed by atoms with E-state index in [1.807, 2.05) is 6.07 Å². The van der Waals surface area contributed by atoms with Gasteiger partial charge in [0.1, 0.15) is 6.61 Å². The molecule has 1 N–H and O–H groups in total. The second-order valence-corrected chi connectivity index (χ2v) is 5.23. The molecule has 4 heteroatoms. The van der Waals surface area contributed by atoms with Crippen LogP contribution >= 0.6 is 0 Å². The normalized spacial score (nSPS) is 13.2. The van der Waals surface area contributed by atoms with Gasteiger partial charge in [-0.2, -0.15) is 0 Å². The summed E-state index contributed by atoms with van der Waals surface area (Å²) < 4.78 is 10.8. The van der Waals surface area contributed by atoms with Gasteiger partial charge < -0.3 is 14.6 Å². The molecule has 1 atom stereocenters. The summed E-state index contributed by atoms with van der Waals surface area (Å²) in [4.78, 5) is 0. The van der Waals surface area contributed by atoms with Crippen molar-refractivity contribution in [2.45, 2.75) is 59.7 Å². The highest BCUT2D eigenvalue weighted by Crippen LogP contribution is 2.09. The van der Waals surface area contributed by atoms with Gasteiger partial charge in [0.15, 0.2) is 5.76 Å². The van der Waals surface area contributed by atoms with Gasteiger partial charge in [-0.3, -0.25) is 0 Å². The third-order valence-electron chi connectivity index (χ3n) is 2.73. The first kappa shape index (κ1) is 15.2. The number of ether oxygens (including phenoxy) is 1. The van der Waals surface area contributed by atoms with Crippen LogP contribution in [-0.2, 0) is 17.9 Å². The molecule has 4 nitrogen and oxygen atoms in total. The van der Waals surface area contributed by atoms with Gasteiger partial charge >= 0.3 is 0 Å². The van der Waals surface area contributed by atoms with E-state index in [4.69, 9.17) is 9.26 Å². The number of nitrogens with zero attached hydrogens (tertiary/aromatic N) is 1. The molecule has 0 fully saturated rings. The maximum atomic E-state index is 5.62. The highest BCUT2D eigenvalue weighted by Gasteiger charge is 2.06. The van der Waals surface area contributed by atoms with Crippen LogP contribution < -0.4 is 5.32 Å². The number of rotatable bonds is 9. The van der Waals surface area contributed by atoms with Gasteiger partial charge in [0.25, 0.3) is 0 Å². The standard InChI is InChI=1S/C14H26N2O2/c1-5-6-12(4)9-17-10-14-7-13(16-18-14)8-15-11(2)3/h7,11-12,15H,5-6,8-10H2,1-4H3. The minimum Gasteiger partial charge on any atom is -0.373 e. The van der Waals surface area contributed by atoms with E-state index in [0.717, 1.165) is 24.6 Å². The lowest BCUT2D eigenvalue weighted by molar-refractivity contribution is 0.0739. The first-order valence-corrected chi connectivity index (χ1v) is 6.87. The lowest BCUT2D eigenvalue weighted by Crippen LogP contribution is -2.21. The van der Waals surface area contributed by atoms with E-state index >= 15 is 0 Å². The quantitative estimate of drug-likeness (QED) is 0.735. The Labute approximate surface area is 110 Å². The fourth-order valence-corrected chi connectivity index (χ4v) is 1.75. The Bertz CT molecular complexity index is 323. The first-order valence-electron chi connectivity index (χ1n) is 6.87. The zero-order chi connectivity index (χ0) is 13.4. The molecule has 0 radical (unpaired) electrons. The Morgan fingerprint density at radius 1 is 1.39 bits per heavy atom. The van der Waals surface area contributed by atoms with E-state index in [1.54, 1.807) is 0 Å². The molecule has 0 spiro atoms. The average Bonchev–Trinajstić information content (AvgIpc) is 2.75. The molecular formula is C14H26N2O2. The van der Waals surface area contributed by atoms with Crippen LogP contribution in [0.3, 0.4) is 0 Å². The summed E-state index contributed by atoms with van der Waals surface area (Å²) in [5, 5.41) is 7.31. The third kappa shape index (κ3) is 6.17. The van der Waals surface area contributed by atoms with Crippen LogP contribution in [0.4, 0.5) is 0 Å². The molecule has 1 heterocycles. The van der Waals surface area contributed by atoms with Crippen LogP contribution in [0.25, 0.3) is 0 Å². The Hall–Kier alpha value is -0.870. The summed E-state index contributed by atoms with van der Waals surface area (Å²) in [5.74, 6) is 1.42. The van der Waals surface area contributed by atoms with Crippen molar-refractivity contribution in [2.75, 3.05) is 6.61 Å². The topological polar surface area (TPSA) is 47.3 Å². The average molecular weight is 254 g/mol. The molecule has 0 aliphatic carbocycles. The highest BCUT2D eigenvalue weighted by atomic mass is 16.5. The van der Waals surface area contributed by atoms with E-state index in [1.165, 1.54) is 12.8 Å². The van der Waals surface area contributed by atoms with Gasteiger partial charge in [0, 0.05) is 25.3 Å². The minimum absolute atomic E-state index is 0.455. The van der Waals surface area contributed by atoms with Crippen molar-refractivity contribution in [3.63, 3.8) is 0 Å². The van der Waals surface area contributed by atoms with E-state index in [9.17, 15) is 0 Å². The van der Waals surface area contributed by atoms with Gasteiger partial charge in [-0.15, -0.1) is 0 Å². The Balaban J connectivity index is 2.22. The maximum Gasteiger partial charge on any atom is 0.162 e. The molecule has 1 aromatic rings. The highest BCUT2D eigenvalue weighted by molar-refractivity contribution is 5.04. The van der Waals surface area contributed by atoms with Crippen molar-refractivity contribution in [2.24, 2.45) is 5.92 Å². The van der Waals surface area contributed by atoms with Crippen molar-refractivity contribution >= 4 is 0 Å². The molecule has 0 saturated carbocycles. The molecule has 104 valence electrons. The van der Waals surface area contributed by atoms with Gasteiger partial charge in [-0.05, 0) is 12.3 Å². The molecular weight excluding hydrogens is 228 g/mol. The van der Waals surface area contributed by atoms with Crippen LogP contribution in [0.5, 0.6) is 0 Å². The zero-order valence-electron chi connectivity index (χ0n) is 12.0. The monoisotopic (exact) mass is 254 g/mol. The molecule has 0 bridgehead atoms. The van der Waals surface area contributed by atoms with Crippen LogP contribution in [0.2, 0.25) is 0 Å². The number of aromatic nitrogens is 1. The number of hydrogen-bond acceptors (Lipinski definition) is 4. The Morgan fingerprint density at radius 2 is 2.17 bits per heavy atom. The number of hydrogen-bond donors (Lipinski definition) is 1. The van der Waals surface area contributed by atoms with Gasteiger partial charge in [-0.1, -0.05) is 39.3 Å². The molecule has 0 aliphatic rings. The zero-order valence-corrected chi connectivity index (χ0v) is 12.0. The second-order valence-electron chi connectivity index (χ2n) is 5.23. The third-order valence-corrected chi connectivity index (χ3v) is 2.73. The van der Waals surface area contributed by atoms with Gasteiger partial charge in [-0.25, -0.2) is 0 Å². The molecule has 18 heavy (non-hydrogen) atoms. The largest absolute Gasteiger partial charge is 0.373 e. The van der Waals surface area contributed by atoms with E-state index in [0.29, 0.717) is 18.6 Å². The lowest BCUT2D eigenvalue weighted by Gasteiger charge is -2.09. The fourth-order valence-electron chi connectivity index (χ4n) is 1.75. The second kappa shape index (κ2) is 8.27. The van der Waals surface area contributed by atoms with Crippen molar-refractivity contribution in [1.82, 2.24) is 10.5 Å². The Kier molecular flexibility index (Phi) is 6.98. The summed E-state index contributed by atoms with van der Waals surface area (Å²) in [6, 6.07) is 2.41. The summed E-state index contributed by atoms with van der Waals surface area (Å²) in [6.07, 6.45) is 2.41. The Morgan fingerprint density at radius 3 is 2.83 bits per heavy atom. The fraction of sp³-hybridized carbons (Fsp3) is 0.786. The summed E-state index contributed by atoms with van der Waals surface area (Å²) >= 11 is 0. The molecule has 0 saturated heterocycles. The predicted octanol–water partition coefficient (Wildman–Crippen LogP) is 3.13. The summed E-state index contributed by atoms with van der Waals surface area (Å²) in [7, 11) is 0. The summed E-state index contributed by atoms with van der Waals surface area (Å²) in [6.45, 7) is 10.7. The van der Waals surface area contributed by atoms with Crippen molar-refractivity contribution < 1.29 is 9.26 Å². The molecule has 1 unspecified atom stereocenters. The molecule has 0 amide bonds. The van der Waals surface area contributed by atoms with Crippen LogP contribution in [-0.4, -0.2) is 17.8 Å². The maximum absolute atomic E-state index is 5.62. The van der Waals surface area contributed by atoms with Crippen molar-refractivity contribution in [3.05, 3.63) is 17.5 Å². The smallest absolute Gasteiger partial charge is 0.162 e. The van der Waals surface area contributed by atoms with E-state index in [-0.39, 0.29) is 0 Å². The van der Waals surface area contributed by atoms with Gasteiger partial charge in [0.2, 0.25) is 0 Å². The van der Waals surface area contributed by atoms with Crippen LogP contribution in [0, 0.1) is 5.92 Å². The molecule has 1 rings (SSSR count). The summed E-state index contributed by atoms with van der Waals surface area (Å²) in [5.41, 5.74) is 0.934. The van der Waals surface area contributed by atoms with Crippen LogP contribution in [0.15, 0.2) is 10.6 Å². The lowest BCUT2D eigenvalue weighted by atomic mass is 10.1. The molecule has 1 aromatic heterocycles. The number of nitrogens with one attached hydrogen (secondary N) is 1. The van der Waals surface area contributed by atoms with E-state index < -0.39 is 0 Å². The molecule has 0 aliphatic heterocycles. The van der Waals surface area contributed by atoms with Crippen molar-refractivity contribution in [1.29, 1.82) is 0 Å². The van der Waals surface area contributed by atoms with Crippen molar-refractivity contribution in [3.8, 4) is 0 Å². The minimum atomic E-state index is 0.455. The van der Waals surface area contributed by atoms with E-state index in [2.05, 4.69) is 38.2 Å². The predicted molar refractivity (Wildman–Crippen MR) is 72.2 cm³/mol. The van der Waals surface area contributed by atoms with Gasteiger partial charge in [0.05, 0.1) is 5.69 Å².